The van der Waals surface area contributed by atoms with Crippen LogP contribution in [0, 0.1) is 5.92 Å². The molecule has 2 aromatic rings. The Labute approximate surface area is 113 Å². The number of ether oxygens (including phenoxy) is 2. The van der Waals surface area contributed by atoms with Gasteiger partial charge < -0.3 is 19.8 Å². The fourth-order valence-electron chi connectivity index (χ4n) is 1.95. The zero-order chi connectivity index (χ0) is 13.8. The van der Waals surface area contributed by atoms with Gasteiger partial charge in [0, 0.05) is 12.1 Å². The topological polar surface area (TPSA) is 59.2 Å². The van der Waals surface area contributed by atoms with Crippen LogP contribution in [-0.2, 0) is 6.54 Å². The summed E-state index contributed by atoms with van der Waals surface area (Å²) in [5.74, 6) is 2.96. The van der Waals surface area contributed by atoms with Gasteiger partial charge in [-0.2, -0.15) is 0 Å². The van der Waals surface area contributed by atoms with Gasteiger partial charge in [-0.05, 0) is 12.5 Å². The van der Waals surface area contributed by atoms with Crippen LogP contribution in [0.1, 0.15) is 19.7 Å². The van der Waals surface area contributed by atoms with Crippen LogP contribution in [-0.4, -0.2) is 30.7 Å². The Morgan fingerprint density at radius 1 is 1.21 bits per heavy atom. The van der Waals surface area contributed by atoms with Crippen LogP contribution in [0.15, 0.2) is 12.1 Å². The molecule has 5 nitrogen and oxygen atoms in total. The van der Waals surface area contributed by atoms with Crippen LogP contribution in [0.4, 0.5) is 0 Å². The van der Waals surface area contributed by atoms with Crippen molar-refractivity contribution in [1.29, 1.82) is 0 Å². The number of fused-ring (bicyclic) bond motifs is 1. The second-order valence-electron chi connectivity index (χ2n) is 4.93. The average molecular weight is 263 g/mol. The van der Waals surface area contributed by atoms with Crippen molar-refractivity contribution in [3.63, 3.8) is 0 Å². The first-order valence-electron chi connectivity index (χ1n) is 6.45. The summed E-state index contributed by atoms with van der Waals surface area (Å²) < 4.78 is 10.5. The van der Waals surface area contributed by atoms with Gasteiger partial charge in [0.05, 0.1) is 31.8 Å². The predicted octanol–water partition coefficient (Wildman–Crippen LogP) is 2.33. The van der Waals surface area contributed by atoms with Crippen molar-refractivity contribution in [2.75, 3.05) is 20.8 Å². The minimum atomic E-state index is 0.629. The number of nitrogens with one attached hydrogen (secondary N) is 2. The first-order valence-corrected chi connectivity index (χ1v) is 6.45. The van der Waals surface area contributed by atoms with Crippen molar-refractivity contribution in [1.82, 2.24) is 15.3 Å². The van der Waals surface area contributed by atoms with Crippen LogP contribution in [0.3, 0.4) is 0 Å². The summed E-state index contributed by atoms with van der Waals surface area (Å²) >= 11 is 0. The standard InChI is InChI=1S/C14H21N3O2/c1-9(2)7-15-8-14-16-10-5-12(18-3)13(19-4)6-11(10)17-14/h5-6,9,15H,7-8H2,1-4H3,(H,16,17). The van der Waals surface area contributed by atoms with Crippen molar-refractivity contribution >= 4 is 11.0 Å². The molecule has 19 heavy (non-hydrogen) atoms. The number of nitrogens with zero attached hydrogens (tertiary/aromatic N) is 1. The lowest BCUT2D eigenvalue weighted by Crippen LogP contribution is -2.19. The average Bonchev–Trinajstić information content (AvgIpc) is 2.77. The minimum Gasteiger partial charge on any atom is -0.493 e. The third-order valence-corrected chi connectivity index (χ3v) is 2.88. The van der Waals surface area contributed by atoms with Gasteiger partial charge in [-0.3, -0.25) is 0 Å². The summed E-state index contributed by atoms with van der Waals surface area (Å²) in [4.78, 5) is 7.83. The van der Waals surface area contributed by atoms with Crippen LogP contribution >= 0.6 is 0 Å². The van der Waals surface area contributed by atoms with Crippen LogP contribution < -0.4 is 14.8 Å². The van der Waals surface area contributed by atoms with Crippen LogP contribution in [0.25, 0.3) is 11.0 Å². The summed E-state index contributed by atoms with van der Waals surface area (Å²) in [6, 6.07) is 3.80. The van der Waals surface area contributed by atoms with Gasteiger partial charge in [0.15, 0.2) is 11.5 Å². The number of hydrogen-bond donors (Lipinski definition) is 2. The Morgan fingerprint density at radius 2 is 1.89 bits per heavy atom. The highest BCUT2D eigenvalue weighted by atomic mass is 16.5. The molecule has 0 spiro atoms. The molecule has 0 aliphatic carbocycles. The second-order valence-corrected chi connectivity index (χ2v) is 4.93. The first-order chi connectivity index (χ1) is 9.13. The van der Waals surface area contributed by atoms with Crippen molar-refractivity contribution in [2.45, 2.75) is 20.4 Å². The molecule has 2 N–H and O–H groups in total. The first kappa shape index (κ1) is 13.7. The normalized spacial score (nSPS) is 11.2. The number of H-pyrrole nitrogens is 1. The second kappa shape index (κ2) is 5.93. The molecule has 1 aromatic heterocycles. The van der Waals surface area contributed by atoms with Gasteiger partial charge in [-0.15, -0.1) is 0 Å². The molecule has 0 amide bonds. The van der Waals surface area contributed by atoms with Crippen molar-refractivity contribution in [3.05, 3.63) is 18.0 Å². The zero-order valence-electron chi connectivity index (χ0n) is 11.9. The molecule has 0 aliphatic rings. The summed E-state index contributed by atoms with van der Waals surface area (Å²) in [5, 5.41) is 3.36. The lowest BCUT2D eigenvalue weighted by molar-refractivity contribution is 0.356. The highest BCUT2D eigenvalue weighted by Crippen LogP contribution is 2.30. The van der Waals surface area contributed by atoms with Gasteiger partial charge in [-0.1, -0.05) is 13.8 Å². The zero-order valence-corrected chi connectivity index (χ0v) is 11.9. The van der Waals surface area contributed by atoms with Gasteiger partial charge in [0.2, 0.25) is 0 Å². The molecule has 0 bridgehead atoms. The van der Waals surface area contributed by atoms with Crippen LogP contribution in [0.5, 0.6) is 11.5 Å². The summed E-state index contributed by atoms with van der Waals surface area (Å²) in [6.07, 6.45) is 0. The molecule has 0 aliphatic heterocycles. The van der Waals surface area contributed by atoms with E-state index in [0.717, 1.165) is 29.9 Å². The highest BCUT2D eigenvalue weighted by Gasteiger charge is 2.09. The van der Waals surface area contributed by atoms with Gasteiger partial charge >= 0.3 is 0 Å². The molecule has 104 valence electrons. The summed E-state index contributed by atoms with van der Waals surface area (Å²) in [5.41, 5.74) is 1.85. The molecule has 0 atom stereocenters. The summed E-state index contributed by atoms with van der Waals surface area (Å²) in [6.45, 7) is 6.07. The van der Waals surface area contributed by atoms with Crippen molar-refractivity contribution in [3.8, 4) is 11.5 Å². The van der Waals surface area contributed by atoms with E-state index in [0.29, 0.717) is 17.4 Å². The number of hydrogen-bond acceptors (Lipinski definition) is 4. The van der Waals surface area contributed by atoms with Gasteiger partial charge in [0.1, 0.15) is 5.82 Å². The van der Waals surface area contributed by atoms with E-state index in [2.05, 4.69) is 29.1 Å². The molecule has 0 saturated carbocycles. The Kier molecular flexibility index (Phi) is 4.27. The maximum atomic E-state index is 5.28. The van der Waals surface area contributed by atoms with Crippen LogP contribution in [0.2, 0.25) is 0 Å². The molecule has 2 rings (SSSR count). The van der Waals surface area contributed by atoms with E-state index in [1.54, 1.807) is 14.2 Å². The fourth-order valence-corrected chi connectivity index (χ4v) is 1.95. The predicted molar refractivity (Wildman–Crippen MR) is 75.7 cm³/mol. The molecular formula is C14H21N3O2. The van der Waals surface area contributed by atoms with E-state index in [-0.39, 0.29) is 0 Å². The minimum absolute atomic E-state index is 0.629. The molecule has 0 fully saturated rings. The van der Waals surface area contributed by atoms with E-state index in [4.69, 9.17) is 9.47 Å². The van der Waals surface area contributed by atoms with E-state index in [9.17, 15) is 0 Å². The van der Waals surface area contributed by atoms with Gasteiger partial charge in [-0.25, -0.2) is 4.98 Å². The maximum absolute atomic E-state index is 5.28. The molecule has 0 saturated heterocycles. The number of imidazole rings is 1. The van der Waals surface area contributed by atoms with Crippen molar-refractivity contribution < 1.29 is 9.47 Å². The molecule has 1 aromatic carbocycles. The SMILES string of the molecule is COc1cc2nc(CNCC(C)C)[nH]c2cc1OC. The van der Waals surface area contributed by atoms with E-state index >= 15 is 0 Å². The third kappa shape index (κ3) is 3.17. The Morgan fingerprint density at radius 3 is 2.53 bits per heavy atom. The third-order valence-electron chi connectivity index (χ3n) is 2.88. The molecule has 1 heterocycles. The Balaban J connectivity index is 2.20. The number of benzene rings is 1. The number of methoxy groups -OCH3 is 2. The Bertz CT molecular complexity index is 508. The molecule has 0 unspecified atom stereocenters. The largest absolute Gasteiger partial charge is 0.493 e. The number of rotatable bonds is 6. The quantitative estimate of drug-likeness (QED) is 0.839. The molecular weight excluding hydrogens is 242 g/mol. The monoisotopic (exact) mass is 263 g/mol. The fraction of sp³-hybridized carbons (Fsp3) is 0.500. The molecule has 0 radical (unpaired) electrons. The van der Waals surface area contributed by atoms with E-state index < -0.39 is 0 Å². The number of aromatic amines is 1. The molecule has 5 heteroatoms. The lowest BCUT2D eigenvalue weighted by Gasteiger charge is -2.06. The number of aromatic nitrogens is 2. The van der Waals surface area contributed by atoms with E-state index in [1.807, 2.05) is 12.1 Å². The highest BCUT2D eigenvalue weighted by molar-refractivity contribution is 5.79. The smallest absolute Gasteiger partial charge is 0.163 e. The van der Waals surface area contributed by atoms with Gasteiger partial charge in [0.25, 0.3) is 0 Å². The van der Waals surface area contributed by atoms with Crippen molar-refractivity contribution in [2.24, 2.45) is 5.92 Å². The summed E-state index contributed by atoms with van der Waals surface area (Å²) in [7, 11) is 3.26. The van der Waals surface area contributed by atoms with E-state index in [1.165, 1.54) is 0 Å². The maximum Gasteiger partial charge on any atom is 0.163 e. The Hall–Kier alpha value is -1.75. The lowest BCUT2D eigenvalue weighted by atomic mass is 10.2.